The number of hydrazine groups is 1. The summed E-state index contributed by atoms with van der Waals surface area (Å²) in [5.41, 5.74) is 6.22. The van der Waals surface area contributed by atoms with Gasteiger partial charge in [-0.2, -0.15) is 0 Å². The van der Waals surface area contributed by atoms with Crippen LogP contribution in [0.1, 0.15) is 52.9 Å². The number of rotatable bonds is 3. The molecule has 5 nitrogen and oxygen atoms in total. The Hall–Kier alpha value is -0.810. The van der Waals surface area contributed by atoms with Crippen LogP contribution in [0.15, 0.2) is 0 Å². The van der Waals surface area contributed by atoms with Crippen molar-refractivity contribution >= 4 is 6.09 Å². The van der Waals surface area contributed by atoms with E-state index in [0.29, 0.717) is 17.5 Å². The highest BCUT2D eigenvalue weighted by atomic mass is 16.6. The zero-order chi connectivity index (χ0) is 14.1. The Morgan fingerprint density at radius 2 is 1.89 bits per heavy atom. The molecule has 0 heterocycles. The molecule has 0 aromatic heterocycles. The van der Waals surface area contributed by atoms with Crippen LogP contribution < -0.4 is 16.2 Å². The number of hydrogen-bond acceptors (Lipinski definition) is 4. The first-order valence-electron chi connectivity index (χ1n) is 7.26. The van der Waals surface area contributed by atoms with Crippen LogP contribution in [0.3, 0.4) is 0 Å². The Labute approximate surface area is 115 Å². The van der Waals surface area contributed by atoms with Gasteiger partial charge >= 0.3 is 6.09 Å². The zero-order valence-corrected chi connectivity index (χ0v) is 12.5. The molecule has 2 aliphatic rings. The Morgan fingerprint density at radius 1 is 1.26 bits per heavy atom. The van der Waals surface area contributed by atoms with E-state index in [2.05, 4.69) is 16.2 Å². The van der Waals surface area contributed by atoms with Crippen molar-refractivity contribution in [2.45, 2.75) is 70.6 Å². The van der Waals surface area contributed by atoms with Gasteiger partial charge in [-0.15, -0.1) is 0 Å². The van der Waals surface area contributed by atoms with Crippen molar-refractivity contribution in [3.8, 4) is 0 Å². The number of carbonyl (C=O) groups excluding carboxylic acids is 1. The minimum absolute atomic E-state index is 0.273. The zero-order valence-electron chi connectivity index (χ0n) is 12.5. The number of carbonyl (C=O) groups is 1. The van der Waals surface area contributed by atoms with E-state index in [1.807, 2.05) is 27.8 Å². The van der Waals surface area contributed by atoms with Crippen molar-refractivity contribution in [1.29, 1.82) is 0 Å². The second kappa shape index (κ2) is 5.29. The van der Waals surface area contributed by atoms with E-state index in [9.17, 15) is 4.79 Å². The first-order valence-corrected chi connectivity index (χ1v) is 7.26. The molecule has 1 atom stereocenters. The minimum atomic E-state index is -0.416. The molecule has 19 heavy (non-hydrogen) atoms. The highest BCUT2D eigenvalue weighted by Crippen LogP contribution is 2.56. The predicted molar refractivity (Wildman–Crippen MR) is 74.7 cm³/mol. The van der Waals surface area contributed by atoms with E-state index in [1.54, 1.807) is 0 Å². The normalized spacial score (nSPS) is 34.1. The summed E-state index contributed by atoms with van der Waals surface area (Å²) in [6.07, 6.45) is 5.56. The summed E-state index contributed by atoms with van der Waals surface area (Å²) in [4.78, 5) is 11.7. The fourth-order valence-corrected chi connectivity index (χ4v) is 3.10. The molecule has 0 radical (unpaired) electrons. The van der Waals surface area contributed by atoms with Gasteiger partial charge in [0.15, 0.2) is 0 Å². The van der Waals surface area contributed by atoms with Gasteiger partial charge in [0.05, 0.1) is 0 Å². The van der Waals surface area contributed by atoms with E-state index in [4.69, 9.17) is 4.74 Å². The van der Waals surface area contributed by atoms with Crippen molar-refractivity contribution in [1.82, 2.24) is 16.2 Å². The van der Waals surface area contributed by atoms with Crippen LogP contribution in [0, 0.1) is 5.41 Å². The molecular weight excluding hydrogens is 242 g/mol. The topological polar surface area (TPSA) is 62.4 Å². The SMILES string of the molecule is CNNC1CCC2(CC1)CC2NC(=O)OC(C)(C)C. The molecule has 0 aromatic carbocycles. The molecule has 1 unspecified atom stereocenters. The van der Waals surface area contributed by atoms with Gasteiger partial charge in [-0.05, 0) is 65.3 Å². The molecule has 0 bridgehead atoms. The Kier molecular flexibility index (Phi) is 4.06. The van der Waals surface area contributed by atoms with Crippen LogP contribution in [0.4, 0.5) is 4.79 Å². The Bertz CT molecular complexity index is 330. The predicted octanol–water partition coefficient (Wildman–Crippen LogP) is 1.94. The molecule has 110 valence electrons. The summed E-state index contributed by atoms with van der Waals surface area (Å²) >= 11 is 0. The molecule has 0 aromatic rings. The molecule has 2 saturated carbocycles. The van der Waals surface area contributed by atoms with E-state index >= 15 is 0 Å². The minimum Gasteiger partial charge on any atom is -0.444 e. The second-order valence-corrected chi connectivity index (χ2v) is 6.93. The van der Waals surface area contributed by atoms with Gasteiger partial charge in [-0.1, -0.05) is 0 Å². The average molecular weight is 269 g/mol. The number of amides is 1. The third-order valence-electron chi connectivity index (χ3n) is 4.21. The van der Waals surface area contributed by atoms with Crippen molar-refractivity contribution in [2.75, 3.05) is 7.05 Å². The van der Waals surface area contributed by atoms with Crippen LogP contribution in [0.25, 0.3) is 0 Å². The van der Waals surface area contributed by atoms with Crippen molar-refractivity contribution in [2.24, 2.45) is 5.41 Å². The average Bonchev–Trinajstić information content (AvgIpc) is 2.92. The first kappa shape index (κ1) is 14.6. The summed E-state index contributed by atoms with van der Waals surface area (Å²) in [5, 5.41) is 3.02. The lowest BCUT2D eigenvalue weighted by molar-refractivity contribution is 0.0511. The van der Waals surface area contributed by atoms with E-state index in [0.717, 1.165) is 6.42 Å². The number of nitrogens with one attached hydrogen (secondary N) is 3. The van der Waals surface area contributed by atoms with Gasteiger partial charge in [0.1, 0.15) is 5.60 Å². The molecule has 3 N–H and O–H groups in total. The molecule has 5 heteroatoms. The van der Waals surface area contributed by atoms with Crippen LogP contribution in [0.2, 0.25) is 0 Å². The lowest BCUT2D eigenvalue weighted by Crippen LogP contribution is -2.42. The van der Waals surface area contributed by atoms with Crippen LogP contribution >= 0.6 is 0 Å². The van der Waals surface area contributed by atoms with Crippen molar-refractivity contribution in [3.05, 3.63) is 0 Å². The summed E-state index contributed by atoms with van der Waals surface area (Å²) in [6.45, 7) is 5.68. The third kappa shape index (κ3) is 3.83. The molecular formula is C14H27N3O2. The molecule has 1 amide bonds. The number of alkyl carbamates (subject to hydrolysis) is 1. The first-order chi connectivity index (χ1) is 8.85. The standard InChI is InChI=1S/C14H27N3O2/c1-13(2,3)19-12(18)16-11-9-14(11)7-5-10(6-8-14)17-15-4/h10-11,15,17H,5-9H2,1-4H3,(H,16,18). The summed E-state index contributed by atoms with van der Waals surface area (Å²) < 4.78 is 5.31. The molecule has 1 spiro atoms. The summed E-state index contributed by atoms with van der Waals surface area (Å²) in [5.74, 6) is 0. The summed E-state index contributed by atoms with van der Waals surface area (Å²) in [6, 6.07) is 0.885. The maximum absolute atomic E-state index is 11.7. The van der Waals surface area contributed by atoms with Gasteiger partial charge in [0, 0.05) is 12.1 Å². The molecule has 2 aliphatic carbocycles. The van der Waals surface area contributed by atoms with Crippen LogP contribution in [0.5, 0.6) is 0 Å². The fourth-order valence-electron chi connectivity index (χ4n) is 3.10. The smallest absolute Gasteiger partial charge is 0.407 e. The Morgan fingerprint density at radius 3 is 2.42 bits per heavy atom. The summed E-state index contributed by atoms with van der Waals surface area (Å²) in [7, 11) is 1.91. The van der Waals surface area contributed by atoms with Gasteiger partial charge in [-0.3, -0.25) is 10.9 Å². The number of hydrogen-bond donors (Lipinski definition) is 3. The van der Waals surface area contributed by atoms with Gasteiger partial charge < -0.3 is 10.1 Å². The molecule has 0 aliphatic heterocycles. The fraction of sp³-hybridized carbons (Fsp3) is 0.929. The Balaban J connectivity index is 1.74. The van der Waals surface area contributed by atoms with Gasteiger partial charge in [-0.25, -0.2) is 4.79 Å². The van der Waals surface area contributed by atoms with Gasteiger partial charge in [0.2, 0.25) is 0 Å². The molecule has 0 saturated heterocycles. The highest BCUT2D eigenvalue weighted by Gasteiger charge is 2.55. The van der Waals surface area contributed by atoms with E-state index in [1.165, 1.54) is 25.7 Å². The largest absolute Gasteiger partial charge is 0.444 e. The van der Waals surface area contributed by atoms with Crippen molar-refractivity contribution < 1.29 is 9.53 Å². The lowest BCUT2D eigenvalue weighted by atomic mass is 9.83. The quantitative estimate of drug-likeness (QED) is 0.685. The molecule has 2 fully saturated rings. The highest BCUT2D eigenvalue weighted by molar-refractivity contribution is 5.68. The van der Waals surface area contributed by atoms with E-state index < -0.39 is 5.60 Å². The van der Waals surface area contributed by atoms with Crippen LogP contribution in [-0.4, -0.2) is 30.8 Å². The lowest BCUT2D eigenvalue weighted by Gasteiger charge is -2.30. The van der Waals surface area contributed by atoms with Crippen LogP contribution in [-0.2, 0) is 4.74 Å². The maximum Gasteiger partial charge on any atom is 0.407 e. The monoisotopic (exact) mass is 269 g/mol. The van der Waals surface area contributed by atoms with Crippen molar-refractivity contribution in [3.63, 3.8) is 0 Å². The molecule has 2 rings (SSSR count). The van der Waals surface area contributed by atoms with Gasteiger partial charge in [0.25, 0.3) is 0 Å². The maximum atomic E-state index is 11.7. The second-order valence-electron chi connectivity index (χ2n) is 6.93. The number of ether oxygens (including phenoxy) is 1. The van der Waals surface area contributed by atoms with E-state index in [-0.39, 0.29) is 6.09 Å². The third-order valence-corrected chi connectivity index (χ3v) is 4.21.